The van der Waals surface area contributed by atoms with Crippen LogP contribution in [0.15, 0.2) is 58.4 Å². The summed E-state index contributed by atoms with van der Waals surface area (Å²) in [5.74, 6) is -0.233. The maximum atomic E-state index is 14.0. The lowest BCUT2D eigenvalue weighted by molar-refractivity contribution is -0.155. The number of halogens is 3. The number of nitrogens with zero attached hydrogens (tertiary/aromatic N) is 3. The molecule has 0 N–H and O–H groups in total. The minimum atomic E-state index is -4.59. The van der Waals surface area contributed by atoms with Crippen molar-refractivity contribution in [1.82, 2.24) is 10.1 Å². The molecule has 0 saturated carbocycles. The minimum absolute atomic E-state index is 0.0562. The molecule has 0 fully saturated rings. The summed E-state index contributed by atoms with van der Waals surface area (Å²) in [4.78, 5) is 32.2. The number of carbonyl (C=O) groups is 2. The number of esters is 1. The maximum absolute atomic E-state index is 14.0. The number of amides is 1. The van der Waals surface area contributed by atoms with Crippen LogP contribution in [0.2, 0.25) is 0 Å². The first-order valence-electron chi connectivity index (χ1n) is 14.4. The fraction of sp³-hybridized carbons (Fsp3) is 0.394. The molecule has 0 saturated heterocycles. The van der Waals surface area contributed by atoms with Crippen molar-refractivity contribution in [2.75, 3.05) is 4.90 Å². The fourth-order valence-corrected chi connectivity index (χ4v) is 5.91. The van der Waals surface area contributed by atoms with Gasteiger partial charge in [0.1, 0.15) is 11.2 Å². The van der Waals surface area contributed by atoms with E-state index in [1.54, 1.807) is 76.1 Å². The number of carbonyl (C=O) groups excluding carboxylic acids is 2. The average Bonchev–Trinajstić information content (AvgIpc) is 3.69. The number of hydrogen-bond donors (Lipinski definition) is 0. The van der Waals surface area contributed by atoms with Crippen LogP contribution >= 0.6 is 11.3 Å². The predicted molar refractivity (Wildman–Crippen MR) is 165 cm³/mol. The fourth-order valence-electron chi connectivity index (χ4n) is 5.15. The molecule has 0 bridgehead atoms. The van der Waals surface area contributed by atoms with Crippen molar-refractivity contribution >= 4 is 29.1 Å². The molecule has 238 valence electrons. The van der Waals surface area contributed by atoms with Gasteiger partial charge in [-0.05, 0) is 102 Å². The van der Waals surface area contributed by atoms with E-state index in [1.807, 2.05) is 6.07 Å². The highest BCUT2D eigenvalue weighted by molar-refractivity contribution is 7.13. The third-order valence-corrected chi connectivity index (χ3v) is 7.80. The van der Waals surface area contributed by atoms with Gasteiger partial charge >= 0.3 is 18.2 Å². The van der Waals surface area contributed by atoms with Crippen molar-refractivity contribution in [3.63, 3.8) is 0 Å². The summed E-state index contributed by atoms with van der Waals surface area (Å²) < 4.78 is 58.5. The maximum Gasteiger partial charge on any atom is 0.417 e. The van der Waals surface area contributed by atoms with Crippen LogP contribution in [0.5, 0.6) is 0 Å². The van der Waals surface area contributed by atoms with Gasteiger partial charge in [0, 0.05) is 34.0 Å². The Kier molecular flexibility index (Phi) is 8.56. The predicted octanol–water partition coefficient (Wildman–Crippen LogP) is 8.94. The van der Waals surface area contributed by atoms with E-state index < -0.39 is 29.0 Å². The first-order valence-corrected chi connectivity index (χ1v) is 15.3. The molecule has 1 atom stereocenters. The molecule has 12 heteroatoms. The topological polar surface area (TPSA) is 94.8 Å². The van der Waals surface area contributed by atoms with Crippen LogP contribution in [0, 0.1) is 0 Å². The molecular weight excluding hydrogens is 607 g/mol. The molecule has 0 radical (unpaired) electrons. The van der Waals surface area contributed by atoms with Crippen LogP contribution in [0.4, 0.5) is 23.7 Å². The quantitative estimate of drug-likeness (QED) is 0.194. The highest BCUT2D eigenvalue weighted by atomic mass is 32.1. The van der Waals surface area contributed by atoms with E-state index >= 15 is 0 Å². The third kappa shape index (κ3) is 7.55. The standard InChI is InChI=1S/C33H34F3N3O5S/c1-31(2,3)42-27(40)14-11-22-17-21-16-19(10-13-25(21)39(22)30(41)43-32(4,5)6)28-37-29(44-38-28)20-9-12-23(26-8-7-15-45-26)24(18-20)33(34,35)36/h7-10,12-13,15-16,18,22H,11,14,17H2,1-6H3. The molecule has 2 aromatic carbocycles. The zero-order valence-electron chi connectivity index (χ0n) is 25.8. The summed E-state index contributed by atoms with van der Waals surface area (Å²) in [6.45, 7) is 10.7. The van der Waals surface area contributed by atoms with E-state index in [0.717, 1.165) is 11.6 Å². The zero-order chi connectivity index (χ0) is 32.7. The lowest BCUT2D eigenvalue weighted by atomic mass is 10.0. The van der Waals surface area contributed by atoms with Crippen LogP contribution in [0.1, 0.15) is 65.5 Å². The first-order chi connectivity index (χ1) is 21.0. The Bertz CT molecular complexity index is 1700. The second kappa shape index (κ2) is 12.0. The van der Waals surface area contributed by atoms with Gasteiger partial charge in [-0.25, -0.2) is 4.79 Å². The minimum Gasteiger partial charge on any atom is -0.460 e. The molecule has 2 aromatic heterocycles. The molecule has 8 nitrogen and oxygen atoms in total. The summed E-state index contributed by atoms with van der Waals surface area (Å²) in [7, 11) is 0. The van der Waals surface area contributed by atoms with Gasteiger partial charge < -0.3 is 14.0 Å². The van der Waals surface area contributed by atoms with Crippen molar-refractivity contribution in [3.8, 4) is 33.3 Å². The van der Waals surface area contributed by atoms with Crippen LogP contribution < -0.4 is 4.90 Å². The number of alkyl halides is 3. The van der Waals surface area contributed by atoms with E-state index in [-0.39, 0.29) is 41.3 Å². The SMILES string of the molecule is CC(C)(C)OC(=O)CCC1Cc2cc(-c3noc(-c4ccc(-c5cccs5)c(C(F)(F)F)c4)n3)ccc2N1C(=O)OC(C)(C)C. The summed E-state index contributed by atoms with van der Waals surface area (Å²) in [6, 6.07) is 12.2. The number of aromatic nitrogens is 2. The Morgan fingerprint density at radius 2 is 1.69 bits per heavy atom. The van der Waals surface area contributed by atoms with Gasteiger partial charge in [-0.1, -0.05) is 17.3 Å². The van der Waals surface area contributed by atoms with Gasteiger partial charge in [0.25, 0.3) is 5.89 Å². The Labute approximate surface area is 263 Å². The summed E-state index contributed by atoms with van der Waals surface area (Å²) >= 11 is 1.22. The molecule has 1 amide bonds. The number of thiophene rings is 1. The second-order valence-electron chi connectivity index (χ2n) is 12.8. The van der Waals surface area contributed by atoms with Crippen LogP contribution in [0.25, 0.3) is 33.3 Å². The van der Waals surface area contributed by atoms with Gasteiger partial charge in [0.15, 0.2) is 0 Å². The molecule has 5 rings (SSSR count). The number of ether oxygens (including phenoxy) is 2. The van der Waals surface area contributed by atoms with Crippen LogP contribution in [0.3, 0.4) is 0 Å². The van der Waals surface area contributed by atoms with E-state index in [9.17, 15) is 22.8 Å². The molecule has 1 aliphatic heterocycles. The smallest absolute Gasteiger partial charge is 0.417 e. The van der Waals surface area contributed by atoms with Crippen molar-refractivity contribution in [3.05, 3.63) is 65.0 Å². The van der Waals surface area contributed by atoms with Crippen molar-refractivity contribution in [1.29, 1.82) is 0 Å². The largest absolute Gasteiger partial charge is 0.460 e. The van der Waals surface area contributed by atoms with Gasteiger partial charge in [-0.3, -0.25) is 9.69 Å². The van der Waals surface area contributed by atoms with Crippen molar-refractivity contribution in [2.24, 2.45) is 0 Å². The Balaban J connectivity index is 1.42. The Morgan fingerprint density at radius 3 is 2.33 bits per heavy atom. The molecule has 3 heterocycles. The van der Waals surface area contributed by atoms with Gasteiger partial charge in [0.2, 0.25) is 5.82 Å². The van der Waals surface area contributed by atoms with Gasteiger partial charge in [-0.15, -0.1) is 11.3 Å². The molecule has 0 aliphatic carbocycles. The summed E-state index contributed by atoms with van der Waals surface area (Å²) in [6.07, 6.45) is -4.21. The average molecular weight is 642 g/mol. The zero-order valence-corrected chi connectivity index (χ0v) is 26.6. The van der Waals surface area contributed by atoms with E-state index in [2.05, 4.69) is 10.1 Å². The van der Waals surface area contributed by atoms with E-state index in [1.165, 1.54) is 23.5 Å². The number of anilines is 1. The van der Waals surface area contributed by atoms with E-state index in [4.69, 9.17) is 14.0 Å². The molecule has 1 aliphatic rings. The summed E-state index contributed by atoms with van der Waals surface area (Å²) in [5, 5.41) is 5.76. The summed E-state index contributed by atoms with van der Waals surface area (Å²) in [5.41, 5.74) is 0.0649. The highest BCUT2D eigenvalue weighted by Crippen LogP contribution is 2.41. The van der Waals surface area contributed by atoms with E-state index in [0.29, 0.717) is 29.0 Å². The van der Waals surface area contributed by atoms with Crippen molar-refractivity contribution < 1.29 is 36.8 Å². The second-order valence-corrected chi connectivity index (χ2v) is 13.8. The molecule has 0 spiro atoms. The van der Waals surface area contributed by atoms with Crippen molar-refractivity contribution in [2.45, 2.75) is 84.2 Å². The third-order valence-electron chi connectivity index (χ3n) is 6.89. The Hall–Kier alpha value is -4.19. The number of benzene rings is 2. The lowest BCUT2D eigenvalue weighted by Gasteiger charge is -2.29. The molecule has 45 heavy (non-hydrogen) atoms. The normalized spacial score (nSPS) is 15.2. The first kappa shape index (κ1) is 32.2. The van der Waals surface area contributed by atoms with Crippen LogP contribution in [-0.4, -0.2) is 39.4 Å². The van der Waals surface area contributed by atoms with Gasteiger partial charge in [0.05, 0.1) is 11.3 Å². The molecular formula is C33H34F3N3O5S. The van der Waals surface area contributed by atoms with Gasteiger partial charge in [-0.2, -0.15) is 18.2 Å². The molecule has 1 unspecified atom stereocenters. The highest BCUT2D eigenvalue weighted by Gasteiger charge is 2.38. The van der Waals surface area contributed by atoms with Crippen LogP contribution in [-0.2, 0) is 26.9 Å². The monoisotopic (exact) mass is 641 g/mol. The number of hydrogen-bond acceptors (Lipinski definition) is 8. The number of rotatable bonds is 6. The lowest BCUT2D eigenvalue weighted by Crippen LogP contribution is -2.41. The Morgan fingerprint density at radius 1 is 0.978 bits per heavy atom. The molecule has 4 aromatic rings. The number of fused-ring (bicyclic) bond motifs is 1.